The largest absolute Gasteiger partial charge is 0.373 e. The summed E-state index contributed by atoms with van der Waals surface area (Å²) < 4.78 is 6.35. The number of piperidine rings is 1. The summed E-state index contributed by atoms with van der Waals surface area (Å²) in [5.74, 6) is 0. The summed E-state index contributed by atoms with van der Waals surface area (Å²) in [6, 6.07) is 10.8. The van der Waals surface area contributed by atoms with E-state index in [0.717, 1.165) is 57.7 Å². The van der Waals surface area contributed by atoms with Gasteiger partial charge in [0.25, 0.3) is 0 Å². The molecule has 2 saturated heterocycles. The monoisotopic (exact) mass is 352 g/mol. The van der Waals surface area contributed by atoms with Crippen LogP contribution >= 0.6 is 0 Å². The fourth-order valence-corrected chi connectivity index (χ4v) is 4.20. The molecule has 4 heterocycles. The molecule has 0 unspecified atom stereocenters. The molecule has 5 heteroatoms. The summed E-state index contributed by atoms with van der Waals surface area (Å²) >= 11 is 0. The standard InChI is InChI=1S/C21H28N4O/c1-24(15-18-5-4-9-22-14-18)20-13-21(26-17-20)7-11-25(12-8-21)16-19-6-2-3-10-23-19/h2-6,9-10,14,20H,7-8,11-13,15-17H2,1H3/t20-/m1/s1. The molecule has 1 spiro atoms. The highest BCUT2D eigenvalue weighted by atomic mass is 16.5. The van der Waals surface area contributed by atoms with E-state index in [9.17, 15) is 0 Å². The van der Waals surface area contributed by atoms with Crippen LogP contribution in [0.1, 0.15) is 30.5 Å². The molecule has 26 heavy (non-hydrogen) atoms. The fourth-order valence-electron chi connectivity index (χ4n) is 4.20. The van der Waals surface area contributed by atoms with Crippen LogP contribution < -0.4 is 0 Å². The molecule has 1 atom stereocenters. The Bertz CT molecular complexity index is 686. The van der Waals surface area contributed by atoms with Gasteiger partial charge in [-0.05, 0) is 50.1 Å². The molecule has 138 valence electrons. The highest BCUT2D eigenvalue weighted by molar-refractivity contribution is 5.09. The highest BCUT2D eigenvalue weighted by Crippen LogP contribution is 2.37. The van der Waals surface area contributed by atoms with Crippen LogP contribution in [0.4, 0.5) is 0 Å². The molecule has 4 rings (SSSR count). The summed E-state index contributed by atoms with van der Waals surface area (Å²) in [6.07, 6.45) is 9.05. The molecule has 0 aromatic carbocycles. The van der Waals surface area contributed by atoms with Crippen LogP contribution in [0, 0.1) is 0 Å². The predicted molar refractivity (Wildman–Crippen MR) is 102 cm³/mol. The number of hydrogen-bond acceptors (Lipinski definition) is 5. The first-order valence-corrected chi connectivity index (χ1v) is 9.58. The first kappa shape index (κ1) is 17.6. The van der Waals surface area contributed by atoms with Gasteiger partial charge in [-0.25, -0.2) is 0 Å². The van der Waals surface area contributed by atoms with Crippen molar-refractivity contribution in [3.8, 4) is 0 Å². The van der Waals surface area contributed by atoms with Crippen LogP contribution in [-0.4, -0.2) is 58.2 Å². The van der Waals surface area contributed by atoms with Crippen LogP contribution in [0.5, 0.6) is 0 Å². The normalized spacial score (nSPS) is 22.9. The Labute approximate surface area is 156 Å². The van der Waals surface area contributed by atoms with Crippen molar-refractivity contribution in [1.29, 1.82) is 0 Å². The molecule has 2 fully saturated rings. The second-order valence-corrected chi connectivity index (χ2v) is 7.73. The number of likely N-dealkylation sites (N-methyl/N-ethyl adjacent to an activating group) is 1. The Hall–Kier alpha value is -1.82. The summed E-state index contributed by atoms with van der Waals surface area (Å²) in [6.45, 7) is 4.91. The van der Waals surface area contributed by atoms with Crippen molar-refractivity contribution in [3.05, 3.63) is 60.2 Å². The van der Waals surface area contributed by atoms with E-state index in [0.29, 0.717) is 6.04 Å². The zero-order valence-corrected chi connectivity index (χ0v) is 15.6. The van der Waals surface area contributed by atoms with Crippen molar-refractivity contribution < 1.29 is 4.74 Å². The van der Waals surface area contributed by atoms with E-state index in [1.807, 2.05) is 30.7 Å². The lowest BCUT2D eigenvalue weighted by Crippen LogP contribution is -2.44. The lowest BCUT2D eigenvalue weighted by Gasteiger charge is -2.38. The van der Waals surface area contributed by atoms with Crippen LogP contribution in [0.3, 0.4) is 0 Å². The van der Waals surface area contributed by atoms with Gasteiger partial charge >= 0.3 is 0 Å². The molecular formula is C21H28N4O. The van der Waals surface area contributed by atoms with Crippen LogP contribution in [-0.2, 0) is 17.8 Å². The molecule has 0 aliphatic carbocycles. The minimum atomic E-state index is 0.0779. The summed E-state index contributed by atoms with van der Waals surface area (Å²) in [5, 5.41) is 0. The molecule has 2 aromatic heterocycles. The maximum Gasteiger partial charge on any atom is 0.0723 e. The van der Waals surface area contributed by atoms with Crippen LogP contribution in [0.15, 0.2) is 48.9 Å². The van der Waals surface area contributed by atoms with E-state index in [1.165, 1.54) is 5.56 Å². The molecule has 0 N–H and O–H groups in total. The molecular weight excluding hydrogens is 324 g/mol. The average Bonchev–Trinajstić information content (AvgIpc) is 3.10. The fraction of sp³-hybridized carbons (Fsp3) is 0.524. The van der Waals surface area contributed by atoms with Gasteiger partial charge in [0.2, 0.25) is 0 Å². The number of ether oxygens (including phenoxy) is 1. The third-order valence-electron chi connectivity index (χ3n) is 5.85. The Kier molecular flexibility index (Phi) is 5.29. The van der Waals surface area contributed by atoms with Gasteiger partial charge in [-0.1, -0.05) is 12.1 Å². The highest BCUT2D eigenvalue weighted by Gasteiger charge is 2.43. The van der Waals surface area contributed by atoms with E-state index in [1.54, 1.807) is 0 Å². The first-order chi connectivity index (χ1) is 12.7. The average molecular weight is 352 g/mol. The van der Waals surface area contributed by atoms with Gasteiger partial charge in [-0.3, -0.25) is 19.8 Å². The second kappa shape index (κ2) is 7.82. The van der Waals surface area contributed by atoms with E-state index in [4.69, 9.17) is 4.74 Å². The number of pyridine rings is 2. The van der Waals surface area contributed by atoms with Crippen LogP contribution in [0.25, 0.3) is 0 Å². The SMILES string of the molecule is CN(Cc1cccnc1)[C@H]1COC2(CCN(Cc3ccccn3)CC2)C1. The predicted octanol–water partition coefficient (Wildman–Crippen LogP) is 2.73. The van der Waals surface area contributed by atoms with Gasteiger partial charge < -0.3 is 4.74 Å². The van der Waals surface area contributed by atoms with E-state index >= 15 is 0 Å². The van der Waals surface area contributed by atoms with Crippen molar-refractivity contribution >= 4 is 0 Å². The number of likely N-dealkylation sites (tertiary alicyclic amines) is 1. The molecule has 5 nitrogen and oxygen atoms in total. The van der Waals surface area contributed by atoms with Crippen molar-refractivity contribution in [2.75, 3.05) is 26.7 Å². The van der Waals surface area contributed by atoms with Crippen molar-refractivity contribution in [2.45, 2.75) is 44.0 Å². The third kappa shape index (κ3) is 4.11. The quantitative estimate of drug-likeness (QED) is 0.828. The summed E-state index contributed by atoms with van der Waals surface area (Å²) in [4.78, 5) is 13.6. The Balaban J connectivity index is 1.28. The molecule has 2 aliphatic rings. The summed E-state index contributed by atoms with van der Waals surface area (Å²) in [7, 11) is 2.20. The zero-order valence-electron chi connectivity index (χ0n) is 15.6. The maximum atomic E-state index is 6.35. The Morgan fingerprint density at radius 2 is 2.08 bits per heavy atom. The minimum absolute atomic E-state index is 0.0779. The molecule has 2 aromatic rings. The van der Waals surface area contributed by atoms with Gasteiger partial charge in [0, 0.05) is 50.8 Å². The topological polar surface area (TPSA) is 41.5 Å². The van der Waals surface area contributed by atoms with Gasteiger partial charge in [0.05, 0.1) is 17.9 Å². The van der Waals surface area contributed by atoms with Gasteiger partial charge in [-0.15, -0.1) is 0 Å². The summed E-state index contributed by atoms with van der Waals surface area (Å²) in [5.41, 5.74) is 2.50. The van der Waals surface area contributed by atoms with Gasteiger partial charge in [-0.2, -0.15) is 0 Å². The number of aromatic nitrogens is 2. The van der Waals surface area contributed by atoms with Crippen LogP contribution in [0.2, 0.25) is 0 Å². The number of hydrogen-bond donors (Lipinski definition) is 0. The van der Waals surface area contributed by atoms with Gasteiger partial charge in [0.15, 0.2) is 0 Å². The third-order valence-corrected chi connectivity index (χ3v) is 5.85. The smallest absolute Gasteiger partial charge is 0.0723 e. The molecule has 0 bridgehead atoms. The zero-order chi connectivity index (χ0) is 17.8. The van der Waals surface area contributed by atoms with Gasteiger partial charge in [0.1, 0.15) is 0 Å². The molecule has 0 radical (unpaired) electrons. The Morgan fingerprint density at radius 1 is 1.19 bits per heavy atom. The first-order valence-electron chi connectivity index (χ1n) is 9.58. The van der Waals surface area contributed by atoms with Crippen molar-refractivity contribution in [2.24, 2.45) is 0 Å². The molecule has 0 saturated carbocycles. The van der Waals surface area contributed by atoms with E-state index in [-0.39, 0.29) is 5.60 Å². The molecule has 2 aliphatic heterocycles. The number of nitrogens with zero attached hydrogens (tertiary/aromatic N) is 4. The Morgan fingerprint density at radius 3 is 2.81 bits per heavy atom. The molecule has 0 amide bonds. The maximum absolute atomic E-state index is 6.35. The number of rotatable bonds is 5. The lowest BCUT2D eigenvalue weighted by molar-refractivity contribution is -0.0454. The van der Waals surface area contributed by atoms with E-state index in [2.05, 4.69) is 45.0 Å². The second-order valence-electron chi connectivity index (χ2n) is 7.73. The lowest BCUT2D eigenvalue weighted by atomic mass is 9.87. The van der Waals surface area contributed by atoms with Crippen molar-refractivity contribution in [3.63, 3.8) is 0 Å². The van der Waals surface area contributed by atoms with E-state index < -0.39 is 0 Å². The minimum Gasteiger partial charge on any atom is -0.373 e. The van der Waals surface area contributed by atoms with Crippen molar-refractivity contribution in [1.82, 2.24) is 19.8 Å².